The van der Waals surface area contributed by atoms with Crippen LogP contribution < -0.4 is 0 Å². The second-order valence-corrected chi connectivity index (χ2v) is 2.88. The highest BCUT2D eigenvalue weighted by molar-refractivity contribution is 5.43. The number of aryl methyl sites for hydroxylation is 1. The first kappa shape index (κ1) is 8.19. The van der Waals surface area contributed by atoms with Crippen LogP contribution in [-0.2, 0) is 6.61 Å². The third-order valence-corrected chi connectivity index (χ3v) is 2.07. The van der Waals surface area contributed by atoms with Gasteiger partial charge in [0.2, 0.25) is 0 Å². The number of pyridine rings is 1. The second-order valence-electron chi connectivity index (χ2n) is 2.88. The van der Waals surface area contributed by atoms with Gasteiger partial charge in [-0.2, -0.15) is 0 Å². The van der Waals surface area contributed by atoms with Crippen LogP contribution in [0.2, 0.25) is 0 Å². The normalized spacial score (nSPS) is 11.0. The standard InChI is InChI=1S/C9H9FN2O/c1-6-8(5-13)11-9-4-7(10)2-3-12(6)9/h2-4,13H,5H2,1H3. The maximum absolute atomic E-state index is 12.8. The minimum absolute atomic E-state index is 0.116. The van der Waals surface area contributed by atoms with Gasteiger partial charge in [0.05, 0.1) is 12.3 Å². The molecule has 13 heavy (non-hydrogen) atoms. The lowest BCUT2D eigenvalue weighted by Gasteiger charge is -1.95. The summed E-state index contributed by atoms with van der Waals surface area (Å²) in [6.07, 6.45) is 1.60. The molecule has 0 atom stereocenters. The van der Waals surface area contributed by atoms with Gasteiger partial charge in [-0.3, -0.25) is 0 Å². The summed E-state index contributed by atoms with van der Waals surface area (Å²) in [7, 11) is 0. The SMILES string of the molecule is Cc1c(CO)nc2cc(F)ccn12. The highest BCUT2D eigenvalue weighted by atomic mass is 19.1. The quantitative estimate of drug-likeness (QED) is 0.717. The fourth-order valence-electron chi connectivity index (χ4n) is 1.34. The van der Waals surface area contributed by atoms with Crippen molar-refractivity contribution in [3.63, 3.8) is 0 Å². The van der Waals surface area contributed by atoms with E-state index in [0.717, 1.165) is 5.69 Å². The molecule has 0 unspecified atom stereocenters. The van der Waals surface area contributed by atoms with Gasteiger partial charge in [-0.05, 0) is 13.0 Å². The minimum Gasteiger partial charge on any atom is -0.390 e. The van der Waals surface area contributed by atoms with Gasteiger partial charge in [-0.15, -0.1) is 0 Å². The Morgan fingerprint density at radius 3 is 3.08 bits per heavy atom. The van der Waals surface area contributed by atoms with Crippen molar-refractivity contribution in [3.05, 3.63) is 35.5 Å². The van der Waals surface area contributed by atoms with Crippen molar-refractivity contribution in [2.75, 3.05) is 0 Å². The Hall–Kier alpha value is -1.42. The van der Waals surface area contributed by atoms with Gasteiger partial charge >= 0.3 is 0 Å². The molecule has 0 aliphatic heterocycles. The van der Waals surface area contributed by atoms with Gasteiger partial charge in [0, 0.05) is 18.0 Å². The highest BCUT2D eigenvalue weighted by Crippen LogP contribution is 2.12. The average Bonchev–Trinajstić information content (AvgIpc) is 2.42. The van der Waals surface area contributed by atoms with Gasteiger partial charge in [-0.25, -0.2) is 9.37 Å². The molecule has 2 aromatic rings. The predicted octanol–water partition coefficient (Wildman–Crippen LogP) is 1.27. The van der Waals surface area contributed by atoms with Crippen LogP contribution in [-0.4, -0.2) is 14.5 Å². The number of aromatic nitrogens is 2. The summed E-state index contributed by atoms with van der Waals surface area (Å²) in [5.41, 5.74) is 1.96. The summed E-state index contributed by atoms with van der Waals surface area (Å²) in [6, 6.07) is 2.70. The average molecular weight is 180 g/mol. The van der Waals surface area contributed by atoms with Gasteiger partial charge in [0.15, 0.2) is 0 Å². The molecule has 0 bridgehead atoms. The summed E-state index contributed by atoms with van der Waals surface area (Å²) in [5.74, 6) is -0.318. The first-order chi connectivity index (χ1) is 6.22. The van der Waals surface area contributed by atoms with Crippen LogP contribution >= 0.6 is 0 Å². The minimum atomic E-state index is -0.318. The molecule has 2 heterocycles. The highest BCUT2D eigenvalue weighted by Gasteiger charge is 2.06. The third kappa shape index (κ3) is 1.19. The van der Waals surface area contributed by atoms with Crippen molar-refractivity contribution in [2.45, 2.75) is 13.5 Å². The van der Waals surface area contributed by atoms with Crippen molar-refractivity contribution in [2.24, 2.45) is 0 Å². The molecule has 68 valence electrons. The number of hydrogen-bond acceptors (Lipinski definition) is 2. The molecule has 0 radical (unpaired) electrons. The molecule has 3 nitrogen and oxygen atoms in total. The zero-order valence-electron chi connectivity index (χ0n) is 7.16. The van der Waals surface area contributed by atoms with E-state index in [1.807, 2.05) is 6.92 Å². The Bertz CT molecular complexity index is 450. The topological polar surface area (TPSA) is 37.5 Å². The van der Waals surface area contributed by atoms with Gasteiger partial charge in [-0.1, -0.05) is 0 Å². The van der Waals surface area contributed by atoms with E-state index in [9.17, 15) is 4.39 Å². The fourth-order valence-corrected chi connectivity index (χ4v) is 1.34. The Morgan fingerprint density at radius 1 is 1.62 bits per heavy atom. The molecule has 0 aromatic carbocycles. The van der Waals surface area contributed by atoms with Crippen LogP contribution in [0.4, 0.5) is 4.39 Å². The first-order valence-corrected chi connectivity index (χ1v) is 3.96. The monoisotopic (exact) mass is 180 g/mol. The Balaban J connectivity index is 2.76. The van der Waals surface area contributed by atoms with Crippen molar-refractivity contribution in [1.29, 1.82) is 0 Å². The van der Waals surface area contributed by atoms with Gasteiger partial charge < -0.3 is 9.51 Å². The van der Waals surface area contributed by atoms with Crippen molar-refractivity contribution < 1.29 is 9.50 Å². The van der Waals surface area contributed by atoms with Crippen molar-refractivity contribution in [1.82, 2.24) is 9.38 Å². The van der Waals surface area contributed by atoms with Crippen molar-refractivity contribution in [3.8, 4) is 0 Å². The van der Waals surface area contributed by atoms with Crippen molar-refractivity contribution >= 4 is 5.65 Å². The largest absolute Gasteiger partial charge is 0.390 e. The number of aliphatic hydroxyl groups excluding tert-OH is 1. The second kappa shape index (κ2) is 2.81. The maximum atomic E-state index is 12.8. The molecular weight excluding hydrogens is 171 g/mol. The van der Waals surface area contributed by atoms with E-state index >= 15 is 0 Å². The molecule has 2 aromatic heterocycles. The molecule has 0 aliphatic rings. The molecule has 1 N–H and O–H groups in total. The lowest BCUT2D eigenvalue weighted by atomic mass is 10.3. The summed E-state index contributed by atoms with van der Waals surface area (Å²) in [5, 5.41) is 8.92. The lowest BCUT2D eigenvalue weighted by molar-refractivity contribution is 0.276. The molecule has 0 spiro atoms. The van der Waals surface area contributed by atoms with E-state index in [4.69, 9.17) is 5.11 Å². The Morgan fingerprint density at radius 2 is 2.38 bits per heavy atom. The number of imidazole rings is 1. The molecule has 0 saturated heterocycles. The third-order valence-electron chi connectivity index (χ3n) is 2.07. The number of rotatable bonds is 1. The van der Waals surface area contributed by atoms with E-state index in [-0.39, 0.29) is 12.4 Å². The summed E-state index contributed by atoms with van der Waals surface area (Å²) in [4.78, 5) is 4.06. The molecule has 0 fully saturated rings. The molecule has 0 saturated carbocycles. The van der Waals surface area contributed by atoms with Crippen LogP contribution in [0.25, 0.3) is 5.65 Å². The van der Waals surface area contributed by atoms with Crippen LogP contribution in [0.5, 0.6) is 0 Å². The van der Waals surface area contributed by atoms with E-state index in [2.05, 4.69) is 4.98 Å². The zero-order valence-corrected chi connectivity index (χ0v) is 7.16. The van der Waals surface area contributed by atoms with E-state index in [1.165, 1.54) is 12.1 Å². The number of nitrogens with zero attached hydrogens (tertiary/aromatic N) is 2. The van der Waals surface area contributed by atoms with Crippen LogP contribution in [0.1, 0.15) is 11.4 Å². The summed E-state index contributed by atoms with van der Waals surface area (Å²) < 4.78 is 14.5. The first-order valence-electron chi connectivity index (χ1n) is 3.96. The van der Waals surface area contributed by atoms with E-state index in [0.29, 0.717) is 11.3 Å². The number of fused-ring (bicyclic) bond motifs is 1. The summed E-state index contributed by atoms with van der Waals surface area (Å²) in [6.45, 7) is 1.72. The zero-order chi connectivity index (χ0) is 9.42. The molecular formula is C9H9FN2O. The number of aliphatic hydroxyl groups is 1. The Kier molecular flexibility index (Phi) is 1.77. The van der Waals surface area contributed by atoms with E-state index < -0.39 is 0 Å². The molecule has 2 rings (SSSR count). The van der Waals surface area contributed by atoms with Gasteiger partial charge in [0.25, 0.3) is 0 Å². The molecule has 0 amide bonds. The predicted molar refractivity (Wildman–Crippen MR) is 45.8 cm³/mol. The van der Waals surface area contributed by atoms with Gasteiger partial charge in [0.1, 0.15) is 11.5 Å². The molecule has 0 aliphatic carbocycles. The van der Waals surface area contributed by atoms with Crippen LogP contribution in [0.15, 0.2) is 18.3 Å². The fraction of sp³-hybridized carbons (Fsp3) is 0.222. The number of hydrogen-bond donors (Lipinski definition) is 1. The summed E-state index contributed by atoms with van der Waals surface area (Å²) >= 11 is 0. The number of halogens is 1. The van der Waals surface area contributed by atoms with E-state index in [1.54, 1.807) is 10.6 Å². The Labute approximate surface area is 74.5 Å². The van der Waals surface area contributed by atoms with Crippen LogP contribution in [0, 0.1) is 12.7 Å². The smallest absolute Gasteiger partial charge is 0.140 e. The maximum Gasteiger partial charge on any atom is 0.140 e. The molecule has 4 heteroatoms. The van der Waals surface area contributed by atoms with Crippen LogP contribution in [0.3, 0.4) is 0 Å². The lowest BCUT2D eigenvalue weighted by Crippen LogP contribution is -1.89.